The topological polar surface area (TPSA) is 210 Å². The second-order valence-electron chi connectivity index (χ2n) is 19.0. The van der Waals surface area contributed by atoms with Crippen LogP contribution < -0.4 is 31.9 Å². The summed E-state index contributed by atoms with van der Waals surface area (Å²) in [4.78, 5) is 57.3. The lowest BCUT2D eigenvalue weighted by Gasteiger charge is -2.21. The summed E-state index contributed by atoms with van der Waals surface area (Å²) in [5, 5.41) is 24.8. The molecule has 4 aromatic heterocycles. The predicted molar refractivity (Wildman–Crippen MR) is 270 cm³/mol. The van der Waals surface area contributed by atoms with Gasteiger partial charge < -0.3 is 25.8 Å². The number of urea groups is 2. The molecule has 0 unspecified atom stereocenters. The number of nitrogens with zero attached hydrogens (tertiary/aromatic N) is 5. The summed E-state index contributed by atoms with van der Waals surface area (Å²) in [6, 6.07) is 26.4. The van der Waals surface area contributed by atoms with Gasteiger partial charge >= 0.3 is 12.1 Å². The number of rotatable bonds is 17. The maximum atomic E-state index is 15.3. The Morgan fingerprint density at radius 3 is 1.54 bits per heavy atom. The molecule has 0 bridgehead atoms. The summed E-state index contributed by atoms with van der Waals surface area (Å²) in [5.41, 5.74) is 5.01. The van der Waals surface area contributed by atoms with E-state index in [1.807, 2.05) is 71.0 Å². The Morgan fingerprint density at radius 1 is 0.549 bits per heavy atom. The van der Waals surface area contributed by atoms with Gasteiger partial charge in [0.25, 0.3) is 0 Å². The maximum absolute atomic E-state index is 15.3. The van der Waals surface area contributed by atoms with Crippen LogP contribution in [0.1, 0.15) is 94.2 Å². The number of carbonyl (C=O) groups excluding carboxylic acids is 4. The van der Waals surface area contributed by atoms with Crippen LogP contribution in [0.15, 0.2) is 114 Å². The van der Waals surface area contributed by atoms with Crippen molar-refractivity contribution in [3.8, 4) is 5.69 Å². The van der Waals surface area contributed by atoms with Crippen molar-refractivity contribution in [3.63, 3.8) is 0 Å². The van der Waals surface area contributed by atoms with E-state index in [1.54, 1.807) is 53.5 Å². The Hall–Kier alpha value is -8.28. The zero-order valence-corrected chi connectivity index (χ0v) is 40.7. The number of hydrogen-bond donors (Lipinski definition) is 6. The Balaban J connectivity index is 0.912. The van der Waals surface area contributed by atoms with Crippen molar-refractivity contribution >= 4 is 58.5 Å². The number of anilines is 6. The highest BCUT2D eigenvalue weighted by Crippen LogP contribution is 2.32. The highest BCUT2D eigenvalue weighted by Gasteiger charge is 2.27. The molecule has 0 radical (unpaired) electrons. The number of carbonyl (C=O) groups is 4. The maximum Gasteiger partial charge on any atom is 0.325 e. The summed E-state index contributed by atoms with van der Waals surface area (Å²) in [6.45, 7) is 12.9. The highest BCUT2D eigenvalue weighted by molar-refractivity contribution is 6.00. The van der Waals surface area contributed by atoms with E-state index in [0.29, 0.717) is 67.4 Å². The Bertz CT molecular complexity index is 3050. The normalized spacial score (nSPS) is 11.5. The van der Waals surface area contributed by atoms with E-state index in [2.05, 4.69) is 47.0 Å². The number of aromatic nitrogens is 5. The molecule has 0 aliphatic carbocycles. The van der Waals surface area contributed by atoms with Crippen molar-refractivity contribution in [1.82, 2.24) is 24.9 Å². The molecule has 0 saturated carbocycles. The SMILES string of the molecule is CC(=O)Nc1cc(CCc2ccc(NC(=O)Nc3cc(C(C)(C)CCc4ccc(-n5nc(C(C)(C)C)cc5NC(=O)Nc5ccc(CCc6ccnc(NC(C)=O)c6)cc5F)cc4)on3)c(F)c2)ccn1. The van der Waals surface area contributed by atoms with Crippen molar-refractivity contribution in [1.29, 1.82) is 0 Å². The number of pyridine rings is 2. The van der Waals surface area contributed by atoms with Crippen molar-refractivity contribution in [2.24, 2.45) is 0 Å². The molecule has 0 saturated heterocycles. The van der Waals surface area contributed by atoms with E-state index in [9.17, 15) is 19.2 Å². The lowest BCUT2D eigenvalue weighted by Crippen LogP contribution is -2.22. The number of aryl methyl sites for hydroxylation is 5. The molecule has 0 aliphatic heterocycles. The van der Waals surface area contributed by atoms with Gasteiger partial charge in [-0.1, -0.05) is 64.0 Å². The Labute approximate surface area is 410 Å². The van der Waals surface area contributed by atoms with E-state index in [4.69, 9.17) is 9.62 Å². The molecule has 71 heavy (non-hydrogen) atoms. The second kappa shape index (κ2) is 22.0. The van der Waals surface area contributed by atoms with Crippen LogP contribution in [0.25, 0.3) is 5.69 Å². The van der Waals surface area contributed by atoms with Crippen LogP contribution in [-0.2, 0) is 52.5 Å². The van der Waals surface area contributed by atoms with E-state index < -0.39 is 29.1 Å². The van der Waals surface area contributed by atoms with Gasteiger partial charge in [0.15, 0.2) is 5.82 Å². The molecule has 4 heterocycles. The third-order valence-electron chi connectivity index (χ3n) is 11.6. The van der Waals surface area contributed by atoms with Crippen LogP contribution in [0.4, 0.5) is 53.0 Å². The molecule has 0 atom stereocenters. The summed E-state index contributed by atoms with van der Waals surface area (Å²) >= 11 is 0. The lowest BCUT2D eigenvalue weighted by molar-refractivity contribution is -0.115. The van der Waals surface area contributed by atoms with Gasteiger partial charge in [0.2, 0.25) is 11.8 Å². The van der Waals surface area contributed by atoms with E-state index in [1.165, 1.54) is 38.1 Å². The Morgan fingerprint density at radius 2 is 1.04 bits per heavy atom. The second-order valence-corrected chi connectivity index (χ2v) is 19.0. The summed E-state index contributed by atoms with van der Waals surface area (Å²) < 4.78 is 37.7. The first kappa shape index (κ1) is 50.6. The fraction of sp³-hybridized carbons (Fsp3) is 0.283. The van der Waals surface area contributed by atoms with Crippen LogP contribution in [-0.4, -0.2) is 48.8 Å². The fourth-order valence-corrected chi connectivity index (χ4v) is 7.58. The fourth-order valence-electron chi connectivity index (χ4n) is 7.58. The average Bonchev–Trinajstić information content (AvgIpc) is 3.97. The standard InChI is InChI=1S/C53H57F2N11O5/c1-32(67)58-46-28-37(21-24-56-46)10-8-35-14-18-42(40(54)26-35)60-50(69)62-48-31-45(71-65-48)53(6,7)23-20-34-12-16-39(17-13-34)66-49(30-44(64-66)52(3,4)5)63-51(70)61-43-19-15-36(27-41(43)55)9-11-38-22-25-57-47(29-38)59-33(2)68/h12-19,21-22,24-31H,8-11,20,23H2,1-7H3,(H,56,58,67)(H,57,59,68)(H2,61,63,70)(H2,60,62,65,69). The molecular formula is C53H57F2N11O5. The third kappa shape index (κ3) is 14.2. The van der Waals surface area contributed by atoms with Gasteiger partial charge in [-0.2, -0.15) is 5.10 Å². The number of nitrogens with one attached hydrogen (secondary N) is 6. The van der Waals surface area contributed by atoms with Gasteiger partial charge in [-0.25, -0.2) is 33.0 Å². The first-order chi connectivity index (χ1) is 33.8. The molecule has 6 amide bonds. The first-order valence-corrected chi connectivity index (χ1v) is 23.1. The van der Waals surface area contributed by atoms with Gasteiger partial charge in [-0.15, -0.1) is 0 Å². The molecular weight excluding hydrogens is 909 g/mol. The van der Waals surface area contributed by atoms with Crippen molar-refractivity contribution in [2.75, 3.05) is 31.9 Å². The molecule has 7 aromatic rings. The molecule has 0 fully saturated rings. The molecule has 0 spiro atoms. The Kier molecular flexibility index (Phi) is 15.7. The molecule has 368 valence electrons. The molecule has 0 aliphatic rings. The number of hydrogen-bond acceptors (Lipinski definition) is 9. The summed E-state index contributed by atoms with van der Waals surface area (Å²) in [7, 11) is 0. The van der Waals surface area contributed by atoms with Gasteiger partial charge in [0.1, 0.15) is 34.8 Å². The number of benzene rings is 3. The van der Waals surface area contributed by atoms with Crippen LogP contribution >= 0.6 is 0 Å². The molecule has 3 aromatic carbocycles. The summed E-state index contributed by atoms with van der Waals surface area (Å²) in [6.07, 6.45) is 6.80. The van der Waals surface area contributed by atoms with E-state index >= 15 is 8.78 Å². The molecule has 6 N–H and O–H groups in total. The zero-order valence-electron chi connectivity index (χ0n) is 40.7. The highest BCUT2D eigenvalue weighted by atomic mass is 19.1. The monoisotopic (exact) mass is 965 g/mol. The van der Waals surface area contributed by atoms with Gasteiger partial charge in [0, 0.05) is 49.2 Å². The number of amides is 6. The smallest absolute Gasteiger partial charge is 0.325 e. The van der Waals surface area contributed by atoms with Gasteiger partial charge in [0.05, 0.1) is 22.8 Å². The minimum atomic E-state index is -0.683. The van der Waals surface area contributed by atoms with Crippen LogP contribution in [0.3, 0.4) is 0 Å². The van der Waals surface area contributed by atoms with Crippen LogP contribution in [0, 0.1) is 11.6 Å². The van der Waals surface area contributed by atoms with E-state index in [-0.39, 0.29) is 34.4 Å². The number of halogens is 2. The first-order valence-electron chi connectivity index (χ1n) is 23.1. The minimum Gasteiger partial charge on any atom is -0.359 e. The quantitative estimate of drug-likeness (QED) is 0.0512. The summed E-state index contributed by atoms with van der Waals surface area (Å²) in [5.74, 6) is 0.421. The largest absolute Gasteiger partial charge is 0.359 e. The van der Waals surface area contributed by atoms with Gasteiger partial charge in [-0.05, 0) is 127 Å². The zero-order chi connectivity index (χ0) is 50.9. The molecule has 16 nitrogen and oxygen atoms in total. The van der Waals surface area contributed by atoms with Crippen molar-refractivity contribution in [2.45, 2.75) is 97.8 Å². The minimum absolute atomic E-state index is 0.00350. The van der Waals surface area contributed by atoms with Crippen LogP contribution in [0.2, 0.25) is 0 Å². The van der Waals surface area contributed by atoms with E-state index in [0.717, 1.165) is 33.5 Å². The van der Waals surface area contributed by atoms with Crippen molar-refractivity contribution < 1.29 is 32.5 Å². The molecule has 7 rings (SSSR count). The predicted octanol–water partition coefficient (Wildman–Crippen LogP) is 10.9. The van der Waals surface area contributed by atoms with Crippen LogP contribution in [0.5, 0.6) is 0 Å². The lowest BCUT2D eigenvalue weighted by atomic mass is 9.84. The van der Waals surface area contributed by atoms with Gasteiger partial charge in [-0.3, -0.25) is 20.2 Å². The van der Waals surface area contributed by atoms with Crippen molar-refractivity contribution in [3.05, 3.63) is 160 Å². The average molecular weight is 966 g/mol. The third-order valence-corrected chi connectivity index (χ3v) is 11.6. The molecule has 18 heteroatoms.